The van der Waals surface area contributed by atoms with Crippen LogP contribution in [0.2, 0.25) is 0 Å². The highest BCUT2D eigenvalue weighted by Gasteiger charge is 1.90. The molecule has 8 heavy (non-hydrogen) atoms. The molecule has 2 aromatic heterocycles. The SMILES string of the molecule is [c]1c[nH]c2[c]c[nH]c12. The van der Waals surface area contributed by atoms with Crippen LogP contribution < -0.4 is 0 Å². The minimum absolute atomic E-state index is 0.991. The smallest absolute Gasteiger partial charge is 0.0721 e. The summed E-state index contributed by atoms with van der Waals surface area (Å²) in [7, 11) is 0. The Morgan fingerprint density at radius 2 is 1.50 bits per heavy atom. The Hall–Kier alpha value is -1.18. The van der Waals surface area contributed by atoms with E-state index in [1.165, 1.54) is 0 Å². The second-order valence-corrected chi connectivity index (χ2v) is 1.62. The van der Waals surface area contributed by atoms with Crippen LogP contribution in [-0.2, 0) is 0 Å². The molecule has 0 unspecified atom stereocenters. The van der Waals surface area contributed by atoms with Crippen LogP contribution >= 0.6 is 0 Å². The summed E-state index contributed by atoms with van der Waals surface area (Å²) in [4.78, 5) is 5.91. The zero-order valence-corrected chi connectivity index (χ0v) is 4.15. The van der Waals surface area contributed by atoms with Crippen LogP contribution in [0, 0.1) is 12.1 Å². The van der Waals surface area contributed by atoms with E-state index in [4.69, 9.17) is 0 Å². The van der Waals surface area contributed by atoms with Crippen molar-refractivity contribution in [3.8, 4) is 0 Å². The van der Waals surface area contributed by atoms with E-state index in [9.17, 15) is 0 Å². The molecule has 2 radical (unpaired) electrons. The molecular formula is C6H4N2. The third-order valence-corrected chi connectivity index (χ3v) is 1.12. The normalized spacial score (nSPS) is 10.5. The maximum atomic E-state index is 2.96. The van der Waals surface area contributed by atoms with E-state index >= 15 is 0 Å². The third-order valence-electron chi connectivity index (χ3n) is 1.12. The van der Waals surface area contributed by atoms with Gasteiger partial charge in [0.05, 0.1) is 11.0 Å². The summed E-state index contributed by atoms with van der Waals surface area (Å²) in [6.07, 6.45) is 3.52. The molecule has 2 aromatic rings. The molecule has 0 saturated heterocycles. The Morgan fingerprint density at radius 3 is 2.00 bits per heavy atom. The number of fused-ring (bicyclic) bond motifs is 1. The van der Waals surface area contributed by atoms with Gasteiger partial charge < -0.3 is 9.97 Å². The van der Waals surface area contributed by atoms with Gasteiger partial charge in [-0.2, -0.15) is 0 Å². The highest BCUT2D eigenvalue weighted by Crippen LogP contribution is 2.04. The van der Waals surface area contributed by atoms with Crippen molar-refractivity contribution in [1.29, 1.82) is 0 Å². The van der Waals surface area contributed by atoms with Crippen LogP contribution in [0.25, 0.3) is 11.0 Å². The third kappa shape index (κ3) is 0.320. The zero-order chi connectivity index (χ0) is 5.40. The van der Waals surface area contributed by atoms with Crippen LogP contribution in [0.3, 0.4) is 0 Å². The zero-order valence-electron chi connectivity index (χ0n) is 4.15. The van der Waals surface area contributed by atoms with Gasteiger partial charge in [-0.05, 0) is 0 Å². The summed E-state index contributed by atoms with van der Waals surface area (Å²) in [5, 5.41) is 0. The predicted molar refractivity (Wildman–Crippen MR) is 30.3 cm³/mol. The van der Waals surface area contributed by atoms with Gasteiger partial charge in [-0.3, -0.25) is 0 Å². The van der Waals surface area contributed by atoms with Crippen molar-refractivity contribution in [1.82, 2.24) is 9.97 Å². The Balaban J connectivity index is 3.06. The van der Waals surface area contributed by atoms with E-state index in [1.807, 2.05) is 0 Å². The fraction of sp³-hybridized carbons (Fsp3) is 0. The number of aromatic nitrogens is 2. The molecule has 0 atom stereocenters. The van der Waals surface area contributed by atoms with Gasteiger partial charge in [0.2, 0.25) is 0 Å². The van der Waals surface area contributed by atoms with Gasteiger partial charge in [0.25, 0.3) is 0 Å². The largest absolute Gasteiger partial charge is 0.359 e. The Bertz CT molecular complexity index is 228. The lowest BCUT2D eigenvalue weighted by atomic mass is 10.5. The number of H-pyrrole nitrogens is 2. The molecule has 0 aliphatic carbocycles. The van der Waals surface area contributed by atoms with Crippen LogP contribution in [0.4, 0.5) is 0 Å². The summed E-state index contributed by atoms with van der Waals surface area (Å²) in [5.41, 5.74) is 1.98. The highest BCUT2D eigenvalue weighted by atomic mass is 14.8. The van der Waals surface area contributed by atoms with Crippen molar-refractivity contribution in [3.63, 3.8) is 0 Å². The molecule has 2 rings (SSSR count). The lowest BCUT2D eigenvalue weighted by molar-refractivity contribution is 1.45. The summed E-state index contributed by atoms with van der Waals surface area (Å²) < 4.78 is 0. The molecule has 0 amide bonds. The average Bonchev–Trinajstić information content (AvgIpc) is 2.15. The van der Waals surface area contributed by atoms with E-state index in [0.717, 1.165) is 11.0 Å². The maximum absolute atomic E-state index is 2.96. The van der Waals surface area contributed by atoms with Crippen molar-refractivity contribution in [2.24, 2.45) is 0 Å². The Kier molecular flexibility index (Phi) is 0.545. The molecule has 0 aromatic carbocycles. The molecule has 38 valence electrons. The molecule has 0 fully saturated rings. The Labute approximate surface area is 46.5 Å². The molecule has 2 nitrogen and oxygen atoms in total. The van der Waals surface area contributed by atoms with Gasteiger partial charge in [0.1, 0.15) is 0 Å². The van der Waals surface area contributed by atoms with Gasteiger partial charge in [0, 0.05) is 24.5 Å². The topological polar surface area (TPSA) is 31.6 Å². The number of hydrogen-bond donors (Lipinski definition) is 2. The van der Waals surface area contributed by atoms with Crippen molar-refractivity contribution >= 4 is 11.0 Å². The first kappa shape index (κ1) is 3.78. The monoisotopic (exact) mass is 104 g/mol. The first-order chi connectivity index (χ1) is 3.97. The van der Waals surface area contributed by atoms with Crippen LogP contribution in [-0.4, -0.2) is 9.97 Å². The van der Waals surface area contributed by atoms with Crippen molar-refractivity contribution in [2.75, 3.05) is 0 Å². The number of rotatable bonds is 0. The van der Waals surface area contributed by atoms with Gasteiger partial charge >= 0.3 is 0 Å². The molecular weight excluding hydrogens is 100 g/mol. The van der Waals surface area contributed by atoms with E-state index < -0.39 is 0 Å². The van der Waals surface area contributed by atoms with Gasteiger partial charge in [0.15, 0.2) is 0 Å². The maximum Gasteiger partial charge on any atom is 0.0721 e. The van der Waals surface area contributed by atoms with Crippen molar-refractivity contribution in [3.05, 3.63) is 24.5 Å². The molecule has 0 aliphatic rings. The van der Waals surface area contributed by atoms with Gasteiger partial charge in [-0.1, -0.05) is 0 Å². The molecule has 2 heteroatoms. The summed E-state index contributed by atoms with van der Waals surface area (Å²) in [5.74, 6) is 0. The second-order valence-electron chi connectivity index (χ2n) is 1.62. The lowest BCUT2D eigenvalue weighted by Gasteiger charge is -1.66. The quantitative estimate of drug-likeness (QED) is 0.501. The minimum atomic E-state index is 0.991. The van der Waals surface area contributed by atoms with Crippen LogP contribution in [0.5, 0.6) is 0 Å². The number of hydrogen-bond acceptors (Lipinski definition) is 0. The molecule has 2 N–H and O–H groups in total. The van der Waals surface area contributed by atoms with Crippen LogP contribution in [0.1, 0.15) is 0 Å². The van der Waals surface area contributed by atoms with E-state index in [1.54, 1.807) is 12.4 Å². The first-order valence-corrected chi connectivity index (χ1v) is 2.40. The van der Waals surface area contributed by atoms with E-state index in [0.29, 0.717) is 0 Å². The van der Waals surface area contributed by atoms with E-state index in [-0.39, 0.29) is 0 Å². The standard InChI is InChI=1S/C6H4N2/c1-3-7-6-2-4-8-5(1)6/h3-4,7-8H. The number of aromatic amines is 2. The Morgan fingerprint density at radius 1 is 1.00 bits per heavy atom. The number of nitrogens with one attached hydrogen (secondary N) is 2. The predicted octanol–water partition coefficient (Wildman–Crippen LogP) is 1.10. The minimum Gasteiger partial charge on any atom is -0.359 e. The summed E-state index contributed by atoms with van der Waals surface area (Å²) in [6, 6.07) is 5.91. The first-order valence-electron chi connectivity index (χ1n) is 2.40. The molecule has 0 spiro atoms. The molecule has 0 aliphatic heterocycles. The summed E-state index contributed by atoms with van der Waals surface area (Å²) in [6.45, 7) is 0. The molecule has 2 heterocycles. The molecule has 0 bridgehead atoms. The van der Waals surface area contributed by atoms with E-state index in [2.05, 4.69) is 22.1 Å². The average molecular weight is 104 g/mol. The fourth-order valence-electron chi connectivity index (χ4n) is 0.733. The van der Waals surface area contributed by atoms with Crippen LogP contribution in [0.15, 0.2) is 12.4 Å². The van der Waals surface area contributed by atoms with Crippen molar-refractivity contribution < 1.29 is 0 Å². The van der Waals surface area contributed by atoms with Gasteiger partial charge in [-0.25, -0.2) is 0 Å². The van der Waals surface area contributed by atoms with Crippen molar-refractivity contribution in [2.45, 2.75) is 0 Å². The van der Waals surface area contributed by atoms with Gasteiger partial charge in [-0.15, -0.1) is 0 Å². The summed E-state index contributed by atoms with van der Waals surface area (Å²) >= 11 is 0. The highest BCUT2D eigenvalue weighted by molar-refractivity contribution is 5.73. The molecule has 0 saturated carbocycles. The lowest BCUT2D eigenvalue weighted by Crippen LogP contribution is -1.52. The fourth-order valence-corrected chi connectivity index (χ4v) is 0.733. The second kappa shape index (κ2) is 1.15.